The van der Waals surface area contributed by atoms with E-state index in [9.17, 15) is 4.79 Å². The van der Waals surface area contributed by atoms with Gasteiger partial charge in [0.1, 0.15) is 12.4 Å². The first-order chi connectivity index (χ1) is 10.1. The Balaban J connectivity index is 2.17. The second-order valence-corrected chi connectivity index (χ2v) is 5.83. The number of aliphatic carboxylic acids is 1. The molecule has 0 radical (unpaired) electrons. The van der Waals surface area contributed by atoms with E-state index in [0.717, 1.165) is 5.56 Å². The minimum absolute atomic E-state index is 0.214. The molecule has 0 aromatic heterocycles. The summed E-state index contributed by atoms with van der Waals surface area (Å²) in [6, 6.07) is 9.87. The number of carboxylic acid groups (broad SMARTS) is 1. The number of ether oxygens (including phenoxy) is 1. The molecule has 1 unspecified atom stereocenters. The number of allylic oxidation sites excluding steroid dienone is 3. The van der Waals surface area contributed by atoms with Gasteiger partial charge < -0.3 is 9.84 Å². The van der Waals surface area contributed by atoms with Crippen LogP contribution in [0.15, 0.2) is 64.4 Å². The van der Waals surface area contributed by atoms with Gasteiger partial charge in [-0.3, -0.25) is 0 Å². The minimum Gasteiger partial charge on any atom is -0.488 e. The third-order valence-electron chi connectivity index (χ3n) is 3.15. The molecular weight excluding hydrogens is 332 g/mol. The molecule has 21 heavy (non-hydrogen) atoms. The van der Waals surface area contributed by atoms with Crippen LogP contribution in [-0.2, 0) is 16.1 Å². The molecule has 0 heterocycles. The zero-order chi connectivity index (χ0) is 15.2. The van der Waals surface area contributed by atoms with E-state index in [2.05, 4.69) is 15.9 Å². The Morgan fingerprint density at radius 1 is 1.38 bits per heavy atom. The van der Waals surface area contributed by atoms with Gasteiger partial charge in [-0.15, -0.1) is 0 Å². The Hall–Kier alpha value is -1.81. The van der Waals surface area contributed by atoms with Crippen molar-refractivity contribution in [1.29, 1.82) is 0 Å². The summed E-state index contributed by atoms with van der Waals surface area (Å²) >= 11 is 3.41. The van der Waals surface area contributed by atoms with Crippen molar-refractivity contribution in [2.45, 2.75) is 20.0 Å². The Morgan fingerprint density at radius 3 is 2.76 bits per heavy atom. The maximum absolute atomic E-state index is 11.2. The van der Waals surface area contributed by atoms with Gasteiger partial charge >= 0.3 is 5.97 Å². The van der Waals surface area contributed by atoms with E-state index in [1.54, 1.807) is 12.2 Å². The van der Waals surface area contributed by atoms with E-state index in [1.165, 1.54) is 0 Å². The monoisotopic (exact) mass is 348 g/mol. The predicted molar refractivity (Wildman–Crippen MR) is 85.8 cm³/mol. The highest BCUT2D eigenvalue weighted by molar-refractivity contribution is 9.12. The van der Waals surface area contributed by atoms with Crippen LogP contribution < -0.4 is 0 Å². The summed E-state index contributed by atoms with van der Waals surface area (Å²) in [5.74, 6) is -0.0342. The fourth-order valence-electron chi connectivity index (χ4n) is 1.99. The van der Waals surface area contributed by atoms with Crippen molar-refractivity contribution in [2.24, 2.45) is 5.92 Å². The number of hydrogen-bond acceptors (Lipinski definition) is 2. The second-order valence-electron chi connectivity index (χ2n) is 4.98. The molecule has 0 saturated heterocycles. The van der Waals surface area contributed by atoms with Gasteiger partial charge in [0.05, 0.1) is 10.1 Å². The van der Waals surface area contributed by atoms with Gasteiger partial charge in [-0.2, -0.15) is 0 Å². The zero-order valence-corrected chi connectivity index (χ0v) is 13.3. The summed E-state index contributed by atoms with van der Waals surface area (Å²) in [6.45, 7) is 2.49. The molecule has 0 fully saturated rings. The fourth-order valence-corrected chi connectivity index (χ4v) is 2.48. The van der Waals surface area contributed by atoms with Crippen LogP contribution in [0.2, 0.25) is 0 Å². The predicted octanol–water partition coefficient (Wildman–Crippen LogP) is 4.42. The number of halogens is 1. The molecule has 1 aromatic carbocycles. The topological polar surface area (TPSA) is 46.5 Å². The summed E-state index contributed by atoms with van der Waals surface area (Å²) in [5.41, 5.74) is 1.35. The maximum atomic E-state index is 11.2. The molecule has 3 nitrogen and oxygen atoms in total. The maximum Gasteiger partial charge on any atom is 0.335 e. The molecule has 1 atom stereocenters. The molecule has 2 rings (SSSR count). The average molecular weight is 349 g/mol. The molecule has 0 bridgehead atoms. The standard InChI is InChI=1S/C17H17BrO3/c1-12-7-8-14(17(19)20)10-15(18)16(9-12)21-11-13-5-3-2-4-6-13/h2-6,8-10,12H,7,11H2,1H3,(H,19,20)/b14-8-,15-10+,16-9+. The molecule has 1 aromatic rings. The van der Waals surface area contributed by atoms with Crippen molar-refractivity contribution in [2.75, 3.05) is 0 Å². The molecule has 0 spiro atoms. The Morgan fingerprint density at radius 2 is 2.10 bits per heavy atom. The summed E-state index contributed by atoms with van der Waals surface area (Å²) in [5, 5.41) is 9.16. The van der Waals surface area contributed by atoms with Crippen molar-refractivity contribution in [3.63, 3.8) is 0 Å². The quantitative estimate of drug-likeness (QED) is 0.876. The zero-order valence-electron chi connectivity index (χ0n) is 11.8. The minimum atomic E-state index is -0.927. The number of hydrogen-bond donors (Lipinski definition) is 1. The van der Waals surface area contributed by atoms with Crippen LogP contribution >= 0.6 is 15.9 Å². The molecule has 1 aliphatic rings. The highest BCUT2D eigenvalue weighted by atomic mass is 79.9. The van der Waals surface area contributed by atoms with Crippen molar-refractivity contribution < 1.29 is 14.6 Å². The first-order valence-corrected chi connectivity index (χ1v) is 7.55. The SMILES string of the molecule is CC1\C=C(OCc2ccccc2)/C(Br)=C\C(C(=O)O)=C\C1. The number of rotatable bonds is 4. The number of carboxylic acids is 1. The lowest BCUT2D eigenvalue weighted by atomic mass is 10.0. The molecule has 0 saturated carbocycles. The lowest BCUT2D eigenvalue weighted by Crippen LogP contribution is -2.04. The Bertz CT molecular complexity index is 600. The average Bonchev–Trinajstić information content (AvgIpc) is 2.46. The van der Waals surface area contributed by atoms with Crippen LogP contribution in [0.4, 0.5) is 0 Å². The van der Waals surface area contributed by atoms with Gasteiger partial charge in [0.2, 0.25) is 0 Å². The van der Waals surface area contributed by atoms with Gasteiger partial charge in [0, 0.05) is 0 Å². The van der Waals surface area contributed by atoms with Crippen molar-refractivity contribution in [3.8, 4) is 0 Å². The van der Waals surface area contributed by atoms with Crippen LogP contribution in [-0.4, -0.2) is 11.1 Å². The first kappa shape index (κ1) is 15.6. The van der Waals surface area contributed by atoms with Gasteiger partial charge in [0.25, 0.3) is 0 Å². The number of benzene rings is 1. The molecular formula is C17H17BrO3. The summed E-state index contributed by atoms with van der Waals surface area (Å²) < 4.78 is 6.49. The van der Waals surface area contributed by atoms with E-state index < -0.39 is 5.97 Å². The van der Waals surface area contributed by atoms with Crippen LogP contribution in [0.1, 0.15) is 18.9 Å². The van der Waals surface area contributed by atoms with E-state index in [0.29, 0.717) is 23.3 Å². The lowest BCUT2D eigenvalue weighted by molar-refractivity contribution is -0.132. The number of carbonyl (C=O) groups is 1. The Kier molecular flexibility index (Phi) is 5.39. The molecule has 110 valence electrons. The highest BCUT2D eigenvalue weighted by Crippen LogP contribution is 2.27. The smallest absolute Gasteiger partial charge is 0.335 e. The van der Waals surface area contributed by atoms with Crippen LogP contribution in [0.25, 0.3) is 0 Å². The van der Waals surface area contributed by atoms with E-state index in [1.807, 2.05) is 43.3 Å². The molecule has 4 heteroatoms. The molecule has 1 N–H and O–H groups in total. The third-order valence-corrected chi connectivity index (χ3v) is 3.77. The first-order valence-electron chi connectivity index (χ1n) is 6.76. The van der Waals surface area contributed by atoms with E-state index in [-0.39, 0.29) is 11.5 Å². The fraction of sp³-hybridized carbons (Fsp3) is 0.235. The Labute approximate surface area is 132 Å². The van der Waals surface area contributed by atoms with Crippen LogP contribution in [0, 0.1) is 5.92 Å². The van der Waals surface area contributed by atoms with E-state index >= 15 is 0 Å². The molecule has 0 aliphatic heterocycles. The van der Waals surface area contributed by atoms with Crippen molar-refractivity contribution in [1.82, 2.24) is 0 Å². The van der Waals surface area contributed by atoms with Crippen LogP contribution in [0.3, 0.4) is 0 Å². The summed E-state index contributed by atoms with van der Waals surface area (Å²) in [7, 11) is 0. The van der Waals surface area contributed by atoms with Gasteiger partial charge in [-0.1, -0.05) is 43.3 Å². The van der Waals surface area contributed by atoms with Gasteiger partial charge in [-0.25, -0.2) is 4.79 Å². The van der Waals surface area contributed by atoms with Gasteiger partial charge in [0.15, 0.2) is 0 Å². The summed E-state index contributed by atoms with van der Waals surface area (Å²) in [6.07, 6.45) is 6.01. The molecule has 0 amide bonds. The largest absolute Gasteiger partial charge is 0.488 e. The normalized spacial score (nSPS) is 26.2. The van der Waals surface area contributed by atoms with Gasteiger partial charge in [-0.05, 0) is 46.0 Å². The third kappa shape index (κ3) is 4.60. The van der Waals surface area contributed by atoms with Crippen molar-refractivity contribution in [3.05, 3.63) is 69.9 Å². The lowest BCUT2D eigenvalue weighted by Gasteiger charge is -2.15. The summed E-state index contributed by atoms with van der Waals surface area (Å²) in [4.78, 5) is 11.2. The van der Waals surface area contributed by atoms with E-state index in [4.69, 9.17) is 9.84 Å². The molecule has 1 aliphatic carbocycles. The van der Waals surface area contributed by atoms with Crippen molar-refractivity contribution >= 4 is 21.9 Å². The van der Waals surface area contributed by atoms with Crippen LogP contribution in [0.5, 0.6) is 0 Å². The highest BCUT2D eigenvalue weighted by Gasteiger charge is 2.14. The second kappa shape index (κ2) is 7.27.